The van der Waals surface area contributed by atoms with Crippen LogP contribution in [0.15, 0.2) is 49.7 Å². The predicted octanol–water partition coefficient (Wildman–Crippen LogP) is 4.65. The lowest BCUT2D eigenvalue weighted by Gasteiger charge is -2.21. The summed E-state index contributed by atoms with van der Waals surface area (Å²) in [6.45, 7) is 8.08. The molecule has 1 N–H and O–H groups in total. The van der Waals surface area contributed by atoms with Gasteiger partial charge in [-0.1, -0.05) is 30.3 Å². The van der Waals surface area contributed by atoms with Gasteiger partial charge in [-0.2, -0.15) is 0 Å². The number of ether oxygens (including phenoxy) is 1. The molecule has 0 aliphatic carbocycles. The van der Waals surface area contributed by atoms with Crippen molar-refractivity contribution in [3.05, 3.63) is 53.2 Å². The smallest absolute Gasteiger partial charge is 0.273 e. The Morgan fingerprint density at radius 3 is 2.24 bits per heavy atom. The third kappa shape index (κ3) is 4.37. The van der Waals surface area contributed by atoms with Crippen molar-refractivity contribution in [1.29, 1.82) is 0 Å². The fraction of sp³-hybridized carbons (Fsp3) is 0.500. The number of aryl methyl sites for hydroxylation is 1. The molecule has 0 saturated carbocycles. The standard InChI is InChI=1S/C26H29N5O3S3/c1-14-16(19(32)27-5)28-21(33-14)24(2)11-36-23(30-24)26(4)13-37-22(31-26)25(3)12-35-20(29-25)18-17(34-18)15-9-7-6-8-10-15/h6-10,17-18H,11-13H2,1-5H3,(H,27,32)/t17-,18-,24-,25-,26-/m0/s1. The first-order valence-electron chi connectivity index (χ1n) is 12.2. The summed E-state index contributed by atoms with van der Waals surface area (Å²) in [5, 5.41) is 5.71. The largest absolute Gasteiger partial charge is 0.442 e. The number of aromatic nitrogens is 1. The molecule has 4 aliphatic heterocycles. The summed E-state index contributed by atoms with van der Waals surface area (Å²) in [5.41, 5.74) is 0.0852. The van der Waals surface area contributed by atoms with Gasteiger partial charge in [-0.3, -0.25) is 19.8 Å². The number of aliphatic imine (C=N–C) groups is 3. The summed E-state index contributed by atoms with van der Waals surface area (Å²) in [7, 11) is 1.59. The Hall–Kier alpha value is -2.08. The molecule has 1 amide bonds. The molecule has 5 heterocycles. The molecule has 0 unspecified atom stereocenters. The number of oxazole rings is 1. The van der Waals surface area contributed by atoms with E-state index in [-0.39, 0.29) is 23.7 Å². The van der Waals surface area contributed by atoms with E-state index in [9.17, 15) is 4.79 Å². The molecule has 4 aliphatic rings. The monoisotopic (exact) mass is 555 g/mol. The van der Waals surface area contributed by atoms with Gasteiger partial charge in [0.15, 0.2) is 5.69 Å². The first-order chi connectivity index (χ1) is 17.6. The second-order valence-electron chi connectivity index (χ2n) is 10.4. The van der Waals surface area contributed by atoms with E-state index in [2.05, 4.69) is 36.3 Å². The second kappa shape index (κ2) is 9.00. The van der Waals surface area contributed by atoms with Crippen LogP contribution >= 0.6 is 35.3 Å². The van der Waals surface area contributed by atoms with Crippen LogP contribution < -0.4 is 5.32 Å². The molecule has 6 rings (SSSR count). The maximum absolute atomic E-state index is 12.1. The van der Waals surface area contributed by atoms with E-state index in [4.69, 9.17) is 24.1 Å². The van der Waals surface area contributed by atoms with Crippen LogP contribution in [-0.2, 0) is 10.3 Å². The van der Waals surface area contributed by atoms with Gasteiger partial charge in [-0.05, 0) is 33.3 Å². The Morgan fingerprint density at radius 2 is 1.54 bits per heavy atom. The van der Waals surface area contributed by atoms with E-state index >= 15 is 0 Å². The quantitative estimate of drug-likeness (QED) is 0.517. The van der Waals surface area contributed by atoms with Gasteiger partial charge in [0, 0.05) is 24.3 Å². The Balaban J connectivity index is 1.21. The van der Waals surface area contributed by atoms with Gasteiger partial charge in [0.05, 0.1) is 10.1 Å². The van der Waals surface area contributed by atoms with Gasteiger partial charge in [0.1, 0.15) is 39.6 Å². The lowest BCUT2D eigenvalue weighted by Crippen LogP contribution is -2.33. The summed E-state index contributed by atoms with van der Waals surface area (Å²) in [6.07, 6.45) is 0.148. The van der Waals surface area contributed by atoms with Crippen molar-refractivity contribution >= 4 is 56.3 Å². The number of hydrogen-bond donors (Lipinski definition) is 1. The SMILES string of the molecule is CNC(=O)c1nc([C@]2(C)CSC([C@]3(C)CSC([C@]4(C)CSC([C@H]5O[C@H]5c5ccccc5)=N4)=N3)=N2)oc1C. The summed E-state index contributed by atoms with van der Waals surface area (Å²) >= 11 is 5.25. The summed E-state index contributed by atoms with van der Waals surface area (Å²) in [5.74, 6) is 3.08. The number of carbonyl (C=O) groups is 1. The molecule has 0 spiro atoms. The molecule has 5 atom stereocenters. The number of carbonyl (C=O) groups excluding carboxylic acids is 1. The fourth-order valence-corrected chi connectivity index (χ4v) is 8.73. The molecule has 1 aromatic carbocycles. The molecule has 2 aromatic rings. The first kappa shape index (κ1) is 25.2. The average Bonchev–Trinajstić information content (AvgIpc) is 3.23. The molecule has 0 bridgehead atoms. The Labute approximate surface area is 229 Å². The number of amides is 1. The van der Waals surface area contributed by atoms with Crippen molar-refractivity contribution in [2.75, 3.05) is 24.3 Å². The normalized spacial score (nSPS) is 34.8. The van der Waals surface area contributed by atoms with Crippen molar-refractivity contribution in [3.63, 3.8) is 0 Å². The number of thioether (sulfide) groups is 3. The van der Waals surface area contributed by atoms with Gasteiger partial charge in [0.25, 0.3) is 5.91 Å². The maximum atomic E-state index is 12.1. The van der Waals surface area contributed by atoms with Crippen LogP contribution in [0.1, 0.15) is 54.6 Å². The van der Waals surface area contributed by atoms with E-state index in [0.29, 0.717) is 23.1 Å². The third-order valence-corrected chi connectivity index (χ3v) is 11.4. The van der Waals surface area contributed by atoms with Crippen LogP contribution in [0.2, 0.25) is 0 Å². The highest BCUT2D eigenvalue weighted by molar-refractivity contribution is 8.17. The van der Waals surface area contributed by atoms with Crippen LogP contribution in [0.5, 0.6) is 0 Å². The van der Waals surface area contributed by atoms with Crippen molar-refractivity contribution in [2.45, 2.75) is 56.5 Å². The number of rotatable bonds is 6. The molecule has 1 saturated heterocycles. The minimum absolute atomic E-state index is 0.0482. The van der Waals surface area contributed by atoms with Crippen molar-refractivity contribution < 1.29 is 13.9 Å². The molecule has 11 heteroatoms. The molecular weight excluding hydrogens is 527 g/mol. The lowest BCUT2D eigenvalue weighted by molar-refractivity contribution is 0.0957. The fourth-order valence-electron chi connectivity index (χ4n) is 4.70. The van der Waals surface area contributed by atoms with Gasteiger partial charge in [-0.25, -0.2) is 4.98 Å². The number of benzene rings is 1. The molecule has 8 nitrogen and oxygen atoms in total. The maximum Gasteiger partial charge on any atom is 0.273 e. The highest BCUT2D eigenvalue weighted by Crippen LogP contribution is 2.49. The first-order valence-corrected chi connectivity index (χ1v) is 15.2. The predicted molar refractivity (Wildman–Crippen MR) is 153 cm³/mol. The van der Waals surface area contributed by atoms with Gasteiger partial charge < -0.3 is 14.5 Å². The van der Waals surface area contributed by atoms with Gasteiger partial charge in [0.2, 0.25) is 5.89 Å². The molecule has 37 heavy (non-hydrogen) atoms. The van der Waals surface area contributed by atoms with Crippen LogP contribution in [0, 0.1) is 6.92 Å². The van der Waals surface area contributed by atoms with Gasteiger partial charge >= 0.3 is 0 Å². The van der Waals surface area contributed by atoms with Crippen LogP contribution in [0.4, 0.5) is 0 Å². The van der Waals surface area contributed by atoms with Gasteiger partial charge in [-0.15, -0.1) is 35.3 Å². The van der Waals surface area contributed by atoms with Crippen LogP contribution in [0.3, 0.4) is 0 Å². The van der Waals surface area contributed by atoms with Crippen molar-refractivity contribution in [2.24, 2.45) is 15.0 Å². The lowest BCUT2D eigenvalue weighted by atomic mass is 10.0. The zero-order chi connectivity index (χ0) is 26.0. The highest BCUT2D eigenvalue weighted by atomic mass is 32.2. The Morgan fingerprint density at radius 1 is 0.919 bits per heavy atom. The molecular formula is C26H29N5O3S3. The second-order valence-corrected chi connectivity index (χ2v) is 13.3. The highest BCUT2D eigenvalue weighted by Gasteiger charge is 2.52. The van der Waals surface area contributed by atoms with E-state index < -0.39 is 11.1 Å². The third-order valence-electron chi connectivity index (χ3n) is 7.02. The number of nitrogens with zero attached hydrogens (tertiary/aromatic N) is 4. The average molecular weight is 556 g/mol. The number of epoxide rings is 1. The summed E-state index contributed by atoms with van der Waals surface area (Å²) in [4.78, 5) is 32.1. The van der Waals surface area contributed by atoms with Crippen molar-refractivity contribution in [1.82, 2.24) is 10.3 Å². The minimum Gasteiger partial charge on any atom is -0.442 e. The summed E-state index contributed by atoms with van der Waals surface area (Å²) in [6, 6.07) is 10.3. The Kier molecular flexibility index (Phi) is 6.13. The zero-order valence-corrected chi connectivity index (χ0v) is 23.9. The topological polar surface area (TPSA) is 105 Å². The van der Waals surface area contributed by atoms with E-state index in [1.54, 1.807) is 49.3 Å². The number of nitrogens with one attached hydrogen (secondary N) is 1. The van der Waals surface area contributed by atoms with E-state index in [1.807, 2.05) is 25.1 Å². The van der Waals surface area contributed by atoms with E-state index in [0.717, 1.165) is 26.6 Å². The van der Waals surface area contributed by atoms with Crippen molar-refractivity contribution in [3.8, 4) is 0 Å². The zero-order valence-electron chi connectivity index (χ0n) is 21.4. The molecule has 0 radical (unpaired) electrons. The minimum atomic E-state index is -0.642. The summed E-state index contributed by atoms with van der Waals surface area (Å²) < 4.78 is 11.9. The van der Waals surface area contributed by atoms with E-state index in [1.165, 1.54) is 5.56 Å². The Bertz CT molecular complexity index is 1360. The molecule has 1 fully saturated rings. The van der Waals surface area contributed by atoms with Crippen LogP contribution in [0.25, 0.3) is 0 Å². The van der Waals surface area contributed by atoms with Crippen LogP contribution in [-0.4, -0.2) is 67.5 Å². The molecule has 1 aromatic heterocycles. The number of hydrogen-bond acceptors (Lipinski definition) is 10. The molecule has 194 valence electrons.